The molecule has 0 saturated heterocycles. The van der Waals surface area contributed by atoms with Gasteiger partial charge < -0.3 is 14.4 Å². The Hall–Kier alpha value is -2.60. The molecule has 3 aromatic rings. The van der Waals surface area contributed by atoms with E-state index in [0.29, 0.717) is 12.8 Å². The van der Waals surface area contributed by atoms with Gasteiger partial charge in [-0.1, -0.05) is 12.1 Å². The topological polar surface area (TPSA) is 51.7 Å². The normalized spacial score (nSPS) is 12.0. The van der Waals surface area contributed by atoms with E-state index in [4.69, 9.17) is 9.47 Å². The molecule has 0 fully saturated rings. The summed E-state index contributed by atoms with van der Waals surface area (Å²) in [7, 11) is 5.08. The summed E-state index contributed by atoms with van der Waals surface area (Å²) in [5, 5.41) is 0.954. The Morgan fingerprint density at radius 1 is 1.15 bits per heavy atom. The van der Waals surface area contributed by atoms with Crippen molar-refractivity contribution in [3.05, 3.63) is 53.0 Å². The number of amides is 1. The number of hydrogen-bond donors (Lipinski definition) is 0. The van der Waals surface area contributed by atoms with E-state index in [2.05, 4.69) is 11.1 Å². The molecule has 1 unspecified atom stereocenters. The smallest absolute Gasteiger partial charge is 0.223 e. The fraction of sp³-hybridized carbons (Fsp3) is 0.333. The van der Waals surface area contributed by atoms with Gasteiger partial charge in [0, 0.05) is 19.5 Å². The van der Waals surface area contributed by atoms with Crippen molar-refractivity contribution in [2.24, 2.45) is 0 Å². The molecule has 0 aliphatic heterocycles. The third kappa shape index (κ3) is 4.39. The third-order valence-electron chi connectivity index (χ3n) is 4.68. The summed E-state index contributed by atoms with van der Waals surface area (Å²) in [6, 6.07) is 13.7. The Morgan fingerprint density at radius 2 is 1.81 bits per heavy atom. The minimum Gasteiger partial charge on any atom is -0.497 e. The first-order chi connectivity index (χ1) is 13.0. The Bertz CT molecular complexity index is 883. The predicted octanol–water partition coefficient (Wildman–Crippen LogP) is 4.47. The zero-order valence-electron chi connectivity index (χ0n) is 16.1. The minimum absolute atomic E-state index is 0.0604. The highest BCUT2D eigenvalue weighted by atomic mass is 32.1. The van der Waals surface area contributed by atoms with Crippen LogP contribution in [-0.4, -0.2) is 37.1 Å². The molecule has 1 aromatic heterocycles. The van der Waals surface area contributed by atoms with Crippen LogP contribution in [0.5, 0.6) is 11.5 Å². The lowest BCUT2D eigenvalue weighted by molar-refractivity contribution is -0.131. The zero-order chi connectivity index (χ0) is 19.4. The maximum absolute atomic E-state index is 12.7. The number of fused-ring (bicyclic) bond motifs is 1. The van der Waals surface area contributed by atoms with Gasteiger partial charge in [0.15, 0.2) is 0 Å². The molecule has 3 rings (SSSR count). The number of methoxy groups -OCH3 is 2. The van der Waals surface area contributed by atoms with E-state index in [-0.39, 0.29) is 11.9 Å². The molecule has 5 nitrogen and oxygen atoms in total. The molecule has 0 spiro atoms. The van der Waals surface area contributed by atoms with Gasteiger partial charge in [0.05, 0.1) is 30.5 Å². The van der Waals surface area contributed by atoms with Crippen LogP contribution in [0.15, 0.2) is 42.5 Å². The van der Waals surface area contributed by atoms with E-state index in [1.165, 1.54) is 0 Å². The summed E-state index contributed by atoms with van der Waals surface area (Å²) in [5.41, 5.74) is 1.99. The maximum atomic E-state index is 12.7. The number of carbonyl (C=O) groups excluding carboxylic acids is 1. The SMILES string of the molecule is COc1cc(CCC(=O)N(C)C(C)c2nc3ccccc3s2)cc(OC)c1. The molecule has 6 heteroatoms. The monoisotopic (exact) mass is 384 g/mol. The number of para-hydroxylation sites is 1. The fourth-order valence-corrected chi connectivity index (χ4v) is 3.95. The largest absolute Gasteiger partial charge is 0.497 e. The molecule has 1 heterocycles. The van der Waals surface area contributed by atoms with E-state index in [1.807, 2.05) is 50.4 Å². The molecule has 0 aliphatic rings. The van der Waals surface area contributed by atoms with Crippen LogP contribution in [0.1, 0.15) is 30.0 Å². The molecule has 2 aromatic carbocycles. The lowest BCUT2D eigenvalue weighted by atomic mass is 10.1. The number of rotatable bonds is 7. The van der Waals surface area contributed by atoms with Crippen molar-refractivity contribution in [1.82, 2.24) is 9.88 Å². The van der Waals surface area contributed by atoms with Crippen LogP contribution in [-0.2, 0) is 11.2 Å². The molecule has 1 atom stereocenters. The molecule has 0 bridgehead atoms. The highest BCUT2D eigenvalue weighted by molar-refractivity contribution is 7.18. The Labute approximate surface area is 163 Å². The number of benzene rings is 2. The molecular weight excluding hydrogens is 360 g/mol. The van der Waals surface area contributed by atoms with Gasteiger partial charge in [0.2, 0.25) is 5.91 Å². The van der Waals surface area contributed by atoms with Crippen molar-refractivity contribution >= 4 is 27.5 Å². The van der Waals surface area contributed by atoms with Gasteiger partial charge in [-0.05, 0) is 43.2 Å². The van der Waals surface area contributed by atoms with Crippen LogP contribution in [0.3, 0.4) is 0 Å². The van der Waals surface area contributed by atoms with Crippen molar-refractivity contribution in [2.45, 2.75) is 25.8 Å². The summed E-state index contributed by atoms with van der Waals surface area (Å²) in [6.07, 6.45) is 1.05. The van der Waals surface area contributed by atoms with Crippen molar-refractivity contribution in [2.75, 3.05) is 21.3 Å². The minimum atomic E-state index is -0.0604. The second-order valence-corrected chi connectivity index (χ2v) is 7.48. The number of ether oxygens (including phenoxy) is 2. The van der Waals surface area contributed by atoms with Crippen molar-refractivity contribution in [3.63, 3.8) is 0 Å². The number of nitrogens with zero attached hydrogens (tertiary/aromatic N) is 2. The number of aromatic nitrogens is 1. The molecule has 27 heavy (non-hydrogen) atoms. The van der Waals surface area contributed by atoms with E-state index >= 15 is 0 Å². The Balaban J connectivity index is 1.66. The predicted molar refractivity (Wildman–Crippen MR) is 109 cm³/mol. The first kappa shape index (κ1) is 19.2. The number of hydrogen-bond acceptors (Lipinski definition) is 5. The van der Waals surface area contributed by atoms with Gasteiger partial charge in [-0.3, -0.25) is 4.79 Å². The van der Waals surface area contributed by atoms with Gasteiger partial charge >= 0.3 is 0 Å². The van der Waals surface area contributed by atoms with Crippen LogP contribution in [0.2, 0.25) is 0 Å². The van der Waals surface area contributed by atoms with Crippen LogP contribution < -0.4 is 9.47 Å². The van der Waals surface area contributed by atoms with Gasteiger partial charge in [0.25, 0.3) is 0 Å². The highest BCUT2D eigenvalue weighted by Gasteiger charge is 2.20. The van der Waals surface area contributed by atoms with Gasteiger partial charge in [-0.25, -0.2) is 4.98 Å². The van der Waals surface area contributed by atoms with Gasteiger partial charge in [-0.2, -0.15) is 0 Å². The molecule has 142 valence electrons. The average molecular weight is 385 g/mol. The molecule has 0 saturated carbocycles. The van der Waals surface area contributed by atoms with Crippen LogP contribution in [0, 0.1) is 0 Å². The fourth-order valence-electron chi connectivity index (χ4n) is 2.89. The number of carbonyl (C=O) groups is 1. The van der Waals surface area contributed by atoms with Crippen LogP contribution in [0.25, 0.3) is 10.2 Å². The van der Waals surface area contributed by atoms with Gasteiger partial charge in [-0.15, -0.1) is 11.3 Å². The van der Waals surface area contributed by atoms with Gasteiger partial charge in [0.1, 0.15) is 16.5 Å². The summed E-state index contributed by atoms with van der Waals surface area (Å²) < 4.78 is 11.7. The van der Waals surface area contributed by atoms with Crippen LogP contribution >= 0.6 is 11.3 Å². The number of aryl methyl sites for hydroxylation is 1. The van der Waals surface area contributed by atoms with E-state index < -0.39 is 0 Å². The second kappa shape index (κ2) is 8.39. The van der Waals surface area contributed by atoms with Crippen molar-refractivity contribution in [1.29, 1.82) is 0 Å². The Kier molecular flexibility index (Phi) is 5.96. The number of thiazole rings is 1. The average Bonchev–Trinajstić information content (AvgIpc) is 3.14. The quantitative estimate of drug-likeness (QED) is 0.603. The summed E-state index contributed by atoms with van der Waals surface area (Å²) in [5.74, 6) is 1.55. The summed E-state index contributed by atoms with van der Waals surface area (Å²) >= 11 is 1.64. The zero-order valence-corrected chi connectivity index (χ0v) is 16.9. The molecule has 1 amide bonds. The highest BCUT2D eigenvalue weighted by Crippen LogP contribution is 2.29. The molecule has 0 aliphatic carbocycles. The summed E-state index contributed by atoms with van der Waals surface area (Å²) in [4.78, 5) is 19.1. The first-order valence-electron chi connectivity index (χ1n) is 8.85. The molecular formula is C21H24N2O3S. The summed E-state index contributed by atoms with van der Waals surface area (Å²) in [6.45, 7) is 2.02. The van der Waals surface area contributed by atoms with Crippen molar-refractivity contribution in [3.8, 4) is 11.5 Å². The van der Waals surface area contributed by atoms with Crippen LogP contribution in [0.4, 0.5) is 0 Å². The van der Waals surface area contributed by atoms with E-state index in [1.54, 1.807) is 30.5 Å². The molecule has 0 N–H and O–H groups in total. The third-order valence-corrected chi connectivity index (χ3v) is 5.89. The lowest BCUT2D eigenvalue weighted by Crippen LogP contribution is -2.29. The second-order valence-electron chi connectivity index (χ2n) is 6.42. The molecule has 0 radical (unpaired) electrons. The van der Waals surface area contributed by atoms with E-state index in [9.17, 15) is 4.79 Å². The first-order valence-corrected chi connectivity index (χ1v) is 9.66. The standard InChI is InChI=1S/C21H24N2O3S/c1-14(21-22-18-7-5-6-8-19(18)27-21)23(2)20(24)10-9-15-11-16(25-3)13-17(12-15)26-4/h5-8,11-14H,9-10H2,1-4H3. The maximum Gasteiger partial charge on any atom is 0.223 e. The van der Waals surface area contributed by atoms with E-state index in [0.717, 1.165) is 32.3 Å². The lowest BCUT2D eigenvalue weighted by Gasteiger charge is -2.23. The Morgan fingerprint density at radius 3 is 2.44 bits per heavy atom. The van der Waals surface area contributed by atoms with Crippen molar-refractivity contribution < 1.29 is 14.3 Å².